The first-order chi connectivity index (χ1) is 8.47. The average Bonchev–Trinajstić information content (AvgIpc) is 2.29. The van der Waals surface area contributed by atoms with Crippen LogP contribution >= 0.6 is 11.6 Å². The van der Waals surface area contributed by atoms with Gasteiger partial charge in [0, 0.05) is 18.2 Å². The number of rotatable bonds is 4. The quantitative estimate of drug-likeness (QED) is 0.652. The zero-order valence-corrected chi connectivity index (χ0v) is 11.7. The Morgan fingerprint density at radius 1 is 1.28 bits per heavy atom. The number of anilines is 1. The van der Waals surface area contributed by atoms with Crippen LogP contribution in [0.3, 0.4) is 0 Å². The molecule has 0 bridgehead atoms. The van der Waals surface area contributed by atoms with E-state index in [1.54, 1.807) is 26.4 Å². The van der Waals surface area contributed by atoms with Gasteiger partial charge in [0.15, 0.2) is 5.96 Å². The van der Waals surface area contributed by atoms with Crippen molar-refractivity contribution in [2.75, 3.05) is 19.5 Å². The summed E-state index contributed by atoms with van der Waals surface area (Å²) in [5.74, 6) is 1.42. The van der Waals surface area contributed by atoms with Crippen molar-refractivity contribution < 1.29 is 9.47 Å². The molecule has 0 heterocycles. The summed E-state index contributed by atoms with van der Waals surface area (Å²) < 4.78 is 10.4. The van der Waals surface area contributed by atoms with E-state index in [1.807, 2.05) is 13.8 Å². The van der Waals surface area contributed by atoms with Crippen LogP contribution in [-0.2, 0) is 0 Å². The molecule has 0 saturated carbocycles. The maximum Gasteiger partial charge on any atom is 0.193 e. The molecule has 0 amide bonds. The maximum atomic E-state index is 6.01. The largest absolute Gasteiger partial charge is 0.495 e. The van der Waals surface area contributed by atoms with Crippen molar-refractivity contribution in [2.24, 2.45) is 10.7 Å². The lowest BCUT2D eigenvalue weighted by atomic mass is 10.2. The fourth-order valence-corrected chi connectivity index (χ4v) is 1.64. The number of ether oxygens (including phenoxy) is 2. The van der Waals surface area contributed by atoms with E-state index >= 15 is 0 Å². The van der Waals surface area contributed by atoms with Gasteiger partial charge >= 0.3 is 0 Å². The van der Waals surface area contributed by atoms with Crippen LogP contribution in [-0.4, -0.2) is 26.2 Å². The number of aliphatic imine (C=N–C) groups is 1. The van der Waals surface area contributed by atoms with Crippen molar-refractivity contribution in [3.8, 4) is 11.5 Å². The van der Waals surface area contributed by atoms with E-state index in [2.05, 4.69) is 10.3 Å². The molecule has 3 N–H and O–H groups in total. The fraction of sp³-hybridized carbons (Fsp3) is 0.417. The monoisotopic (exact) mass is 271 g/mol. The normalized spacial score (nSPS) is 11.6. The molecule has 1 aromatic carbocycles. The molecule has 0 aliphatic heterocycles. The highest BCUT2D eigenvalue weighted by Gasteiger charge is 2.10. The Balaban J connectivity index is 3.07. The number of hydrogen-bond acceptors (Lipinski definition) is 3. The lowest BCUT2D eigenvalue weighted by molar-refractivity contribution is 0.405. The molecule has 0 radical (unpaired) electrons. The number of nitrogens with one attached hydrogen (secondary N) is 1. The van der Waals surface area contributed by atoms with Gasteiger partial charge in [-0.25, -0.2) is 0 Å². The molecule has 0 atom stereocenters. The maximum absolute atomic E-state index is 6.01. The molecule has 0 unspecified atom stereocenters. The van der Waals surface area contributed by atoms with E-state index in [0.29, 0.717) is 28.2 Å². The van der Waals surface area contributed by atoms with Gasteiger partial charge in [-0.15, -0.1) is 0 Å². The first kappa shape index (κ1) is 14.4. The van der Waals surface area contributed by atoms with Gasteiger partial charge in [-0.3, -0.25) is 4.99 Å². The minimum Gasteiger partial charge on any atom is -0.495 e. The zero-order valence-electron chi connectivity index (χ0n) is 11.0. The summed E-state index contributed by atoms with van der Waals surface area (Å²) in [5.41, 5.74) is 6.42. The summed E-state index contributed by atoms with van der Waals surface area (Å²) in [5, 5.41) is 3.43. The molecule has 6 heteroatoms. The summed E-state index contributed by atoms with van der Waals surface area (Å²) in [4.78, 5) is 4.18. The first-order valence-electron chi connectivity index (χ1n) is 5.49. The van der Waals surface area contributed by atoms with Crippen LogP contribution in [0.4, 0.5) is 5.69 Å². The number of methoxy groups -OCH3 is 2. The average molecular weight is 272 g/mol. The molecule has 5 nitrogen and oxygen atoms in total. The molecular formula is C12H18ClN3O2. The predicted molar refractivity (Wildman–Crippen MR) is 74.9 cm³/mol. The summed E-state index contributed by atoms with van der Waals surface area (Å²) in [6.45, 7) is 3.88. The molecule has 1 rings (SSSR count). The summed E-state index contributed by atoms with van der Waals surface area (Å²) >= 11 is 6.01. The van der Waals surface area contributed by atoms with Crippen LogP contribution in [0.25, 0.3) is 0 Å². The fourth-order valence-electron chi connectivity index (χ4n) is 1.41. The molecule has 0 spiro atoms. The smallest absolute Gasteiger partial charge is 0.193 e. The van der Waals surface area contributed by atoms with Crippen molar-refractivity contribution in [1.29, 1.82) is 0 Å². The number of hydrogen-bond donors (Lipinski definition) is 2. The SMILES string of the molecule is COc1cc(NC(N)=NC(C)C)c(OC)cc1Cl. The Morgan fingerprint density at radius 3 is 2.39 bits per heavy atom. The molecule has 100 valence electrons. The predicted octanol–water partition coefficient (Wildman–Crippen LogP) is 2.49. The molecule has 0 fully saturated rings. The minimum absolute atomic E-state index is 0.109. The molecule has 0 aliphatic carbocycles. The lowest BCUT2D eigenvalue weighted by Crippen LogP contribution is -2.24. The lowest BCUT2D eigenvalue weighted by Gasteiger charge is -2.13. The van der Waals surface area contributed by atoms with E-state index in [-0.39, 0.29) is 6.04 Å². The molecule has 0 aliphatic rings. The highest BCUT2D eigenvalue weighted by Crippen LogP contribution is 2.35. The Hall–Kier alpha value is -1.62. The Morgan fingerprint density at radius 2 is 1.89 bits per heavy atom. The summed E-state index contributed by atoms with van der Waals surface area (Å²) in [6.07, 6.45) is 0. The van der Waals surface area contributed by atoms with Crippen molar-refractivity contribution in [1.82, 2.24) is 0 Å². The van der Waals surface area contributed by atoms with Gasteiger partial charge in [-0.1, -0.05) is 11.6 Å². The molecular weight excluding hydrogens is 254 g/mol. The summed E-state index contributed by atoms with van der Waals surface area (Å²) in [7, 11) is 3.10. The Labute approximate surface area is 112 Å². The highest BCUT2D eigenvalue weighted by atomic mass is 35.5. The van der Waals surface area contributed by atoms with Crippen molar-refractivity contribution in [3.05, 3.63) is 17.2 Å². The van der Waals surface area contributed by atoms with Crippen LogP contribution in [0.1, 0.15) is 13.8 Å². The van der Waals surface area contributed by atoms with E-state index in [0.717, 1.165) is 0 Å². The van der Waals surface area contributed by atoms with Gasteiger partial charge < -0.3 is 20.5 Å². The van der Waals surface area contributed by atoms with Gasteiger partial charge in [0.1, 0.15) is 11.5 Å². The van der Waals surface area contributed by atoms with Crippen LogP contribution < -0.4 is 20.5 Å². The Kier molecular flexibility index (Phi) is 5.09. The van der Waals surface area contributed by atoms with Gasteiger partial charge in [0.25, 0.3) is 0 Å². The summed E-state index contributed by atoms with van der Waals surface area (Å²) in [6, 6.07) is 3.48. The minimum atomic E-state index is 0.109. The van der Waals surface area contributed by atoms with Crippen LogP contribution in [0, 0.1) is 0 Å². The van der Waals surface area contributed by atoms with E-state index < -0.39 is 0 Å². The van der Waals surface area contributed by atoms with Crippen molar-refractivity contribution in [3.63, 3.8) is 0 Å². The first-order valence-corrected chi connectivity index (χ1v) is 5.87. The third-order valence-electron chi connectivity index (χ3n) is 2.13. The zero-order chi connectivity index (χ0) is 13.7. The third kappa shape index (κ3) is 3.70. The van der Waals surface area contributed by atoms with Crippen molar-refractivity contribution in [2.45, 2.75) is 19.9 Å². The van der Waals surface area contributed by atoms with E-state index in [9.17, 15) is 0 Å². The van der Waals surface area contributed by atoms with Gasteiger partial charge in [0.05, 0.1) is 24.9 Å². The van der Waals surface area contributed by atoms with Crippen molar-refractivity contribution >= 4 is 23.2 Å². The van der Waals surface area contributed by atoms with E-state index in [1.165, 1.54) is 0 Å². The van der Waals surface area contributed by atoms with Crippen LogP contribution in [0.2, 0.25) is 5.02 Å². The highest BCUT2D eigenvalue weighted by molar-refractivity contribution is 6.32. The second-order valence-electron chi connectivity index (χ2n) is 3.92. The molecule has 0 aromatic heterocycles. The second-order valence-corrected chi connectivity index (χ2v) is 4.33. The van der Waals surface area contributed by atoms with Crippen LogP contribution in [0.5, 0.6) is 11.5 Å². The van der Waals surface area contributed by atoms with Gasteiger partial charge in [0.2, 0.25) is 0 Å². The standard InChI is InChI=1S/C12H18ClN3O2/c1-7(2)15-12(14)16-9-6-10(17-3)8(13)5-11(9)18-4/h5-7H,1-4H3,(H3,14,15,16). The van der Waals surface area contributed by atoms with E-state index in [4.69, 9.17) is 26.8 Å². The number of nitrogens with zero attached hydrogens (tertiary/aromatic N) is 1. The molecule has 0 saturated heterocycles. The number of guanidine groups is 1. The number of nitrogens with two attached hydrogens (primary N) is 1. The molecule has 18 heavy (non-hydrogen) atoms. The number of halogens is 1. The van der Waals surface area contributed by atoms with Gasteiger partial charge in [-0.2, -0.15) is 0 Å². The second kappa shape index (κ2) is 6.35. The van der Waals surface area contributed by atoms with Gasteiger partial charge in [-0.05, 0) is 13.8 Å². The van der Waals surface area contributed by atoms with Crippen LogP contribution in [0.15, 0.2) is 17.1 Å². The third-order valence-corrected chi connectivity index (χ3v) is 2.43. The number of benzene rings is 1. The molecule has 1 aromatic rings. The Bertz CT molecular complexity index is 447. The topological polar surface area (TPSA) is 68.9 Å².